The molecule has 1 heteroatoms. The maximum absolute atomic E-state index is 3.89. The second-order valence-corrected chi connectivity index (χ2v) is 7.32. The zero-order valence-electron chi connectivity index (χ0n) is 13.4. The first kappa shape index (κ1) is 14.6. The third-order valence-corrected chi connectivity index (χ3v) is 4.55. The molecule has 1 saturated heterocycles. The summed E-state index contributed by atoms with van der Waals surface area (Å²) in [6.07, 6.45) is 3.47. The average Bonchev–Trinajstić information content (AvgIpc) is 2.55. The SMILES string of the molecule is CCc1cccc(CC)c1C1NC(C)(C)CC1(C)C. The molecule has 1 N–H and O–H groups in total. The molecule has 1 aromatic rings. The molecule has 1 nitrogen and oxygen atoms in total. The molecule has 0 bridgehead atoms. The van der Waals surface area contributed by atoms with Crippen LogP contribution in [0.5, 0.6) is 0 Å². The fourth-order valence-electron chi connectivity index (χ4n) is 3.99. The minimum Gasteiger partial charge on any atom is -0.304 e. The fraction of sp³-hybridized carbons (Fsp3) is 0.667. The van der Waals surface area contributed by atoms with Gasteiger partial charge in [-0.25, -0.2) is 0 Å². The molecule has 19 heavy (non-hydrogen) atoms. The zero-order chi connectivity index (χ0) is 14.3. The van der Waals surface area contributed by atoms with Crippen LogP contribution in [0.3, 0.4) is 0 Å². The summed E-state index contributed by atoms with van der Waals surface area (Å²) in [4.78, 5) is 0. The second kappa shape index (κ2) is 4.94. The Hall–Kier alpha value is -0.820. The van der Waals surface area contributed by atoms with Crippen LogP contribution in [0.2, 0.25) is 0 Å². The van der Waals surface area contributed by atoms with E-state index in [1.54, 1.807) is 5.56 Å². The molecule has 0 amide bonds. The van der Waals surface area contributed by atoms with Crippen LogP contribution in [-0.4, -0.2) is 5.54 Å². The first-order valence-electron chi connectivity index (χ1n) is 7.69. The molecule has 1 heterocycles. The van der Waals surface area contributed by atoms with Gasteiger partial charge in [-0.2, -0.15) is 0 Å². The van der Waals surface area contributed by atoms with E-state index in [1.165, 1.54) is 17.5 Å². The summed E-state index contributed by atoms with van der Waals surface area (Å²) in [5, 5.41) is 3.89. The van der Waals surface area contributed by atoms with Crippen molar-refractivity contribution < 1.29 is 0 Å². The average molecular weight is 259 g/mol. The second-order valence-electron chi connectivity index (χ2n) is 7.32. The predicted octanol–water partition coefficient (Wildman–Crippen LogP) is 4.65. The number of aryl methyl sites for hydroxylation is 2. The molecule has 1 unspecified atom stereocenters. The third-order valence-electron chi connectivity index (χ3n) is 4.55. The topological polar surface area (TPSA) is 12.0 Å². The summed E-state index contributed by atoms with van der Waals surface area (Å²) >= 11 is 0. The van der Waals surface area contributed by atoms with E-state index in [0.717, 1.165) is 12.8 Å². The van der Waals surface area contributed by atoms with Crippen molar-refractivity contribution in [3.63, 3.8) is 0 Å². The highest BCUT2D eigenvalue weighted by Crippen LogP contribution is 2.48. The molecule has 0 aliphatic carbocycles. The van der Waals surface area contributed by atoms with Gasteiger partial charge in [0.2, 0.25) is 0 Å². The van der Waals surface area contributed by atoms with Gasteiger partial charge in [-0.1, -0.05) is 45.9 Å². The van der Waals surface area contributed by atoms with Crippen molar-refractivity contribution in [2.45, 2.75) is 72.4 Å². The molecule has 106 valence electrons. The van der Waals surface area contributed by atoms with Crippen LogP contribution in [0.15, 0.2) is 18.2 Å². The highest BCUT2D eigenvalue weighted by molar-refractivity contribution is 5.40. The number of rotatable bonds is 3. The lowest BCUT2D eigenvalue weighted by atomic mass is 9.76. The highest BCUT2D eigenvalue weighted by Gasteiger charge is 2.45. The van der Waals surface area contributed by atoms with Crippen molar-refractivity contribution in [2.24, 2.45) is 5.41 Å². The standard InChI is InChI=1S/C18H29N/c1-7-13-10-9-11-14(8-2)15(13)16-17(3,4)12-18(5,6)19-16/h9-11,16,19H,7-8,12H2,1-6H3. The van der Waals surface area contributed by atoms with Crippen LogP contribution in [0.25, 0.3) is 0 Å². The maximum atomic E-state index is 3.89. The summed E-state index contributed by atoms with van der Waals surface area (Å²) < 4.78 is 0. The minimum absolute atomic E-state index is 0.236. The van der Waals surface area contributed by atoms with Gasteiger partial charge in [0, 0.05) is 11.6 Å². The van der Waals surface area contributed by atoms with E-state index >= 15 is 0 Å². The zero-order valence-corrected chi connectivity index (χ0v) is 13.4. The van der Waals surface area contributed by atoms with Gasteiger partial charge in [-0.05, 0) is 55.2 Å². The Kier molecular flexibility index (Phi) is 3.79. The first-order chi connectivity index (χ1) is 8.80. The molecule has 2 rings (SSSR count). The first-order valence-corrected chi connectivity index (χ1v) is 7.69. The Balaban J connectivity index is 2.52. The molecule has 1 fully saturated rings. The molecule has 0 spiro atoms. The van der Waals surface area contributed by atoms with Crippen molar-refractivity contribution in [3.8, 4) is 0 Å². The van der Waals surface area contributed by atoms with Crippen LogP contribution < -0.4 is 5.32 Å². The van der Waals surface area contributed by atoms with Gasteiger partial charge in [0.05, 0.1) is 0 Å². The molecule has 0 radical (unpaired) electrons. The highest BCUT2D eigenvalue weighted by atomic mass is 15.1. The molecule has 1 aliphatic heterocycles. The van der Waals surface area contributed by atoms with Gasteiger partial charge >= 0.3 is 0 Å². The van der Waals surface area contributed by atoms with E-state index in [-0.39, 0.29) is 5.54 Å². The van der Waals surface area contributed by atoms with Gasteiger partial charge in [-0.15, -0.1) is 0 Å². The number of hydrogen-bond acceptors (Lipinski definition) is 1. The summed E-state index contributed by atoms with van der Waals surface area (Å²) in [5.41, 5.74) is 5.16. The van der Waals surface area contributed by atoms with Gasteiger partial charge in [0.25, 0.3) is 0 Å². The summed E-state index contributed by atoms with van der Waals surface area (Å²) in [6, 6.07) is 7.30. The van der Waals surface area contributed by atoms with Gasteiger partial charge in [0.15, 0.2) is 0 Å². The fourth-order valence-corrected chi connectivity index (χ4v) is 3.99. The van der Waals surface area contributed by atoms with Crippen LogP contribution >= 0.6 is 0 Å². The van der Waals surface area contributed by atoms with Crippen molar-refractivity contribution >= 4 is 0 Å². The quantitative estimate of drug-likeness (QED) is 0.833. The van der Waals surface area contributed by atoms with E-state index < -0.39 is 0 Å². The summed E-state index contributed by atoms with van der Waals surface area (Å²) in [6.45, 7) is 14.0. The van der Waals surface area contributed by atoms with Crippen molar-refractivity contribution in [3.05, 3.63) is 34.9 Å². The Morgan fingerprint density at radius 3 is 1.95 bits per heavy atom. The largest absolute Gasteiger partial charge is 0.304 e. The van der Waals surface area contributed by atoms with Crippen molar-refractivity contribution in [1.82, 2.24) is 5.32 Å². The molecule has 0 aromatic heterocycles. The van der Waals surface area contributed by atoms with Crippen LogP contribution in [0, 0.1) is 5.41 Å². The van der Waals surface area contributed by atoms with Crippen LogP contribution in [-0.2, 0) is 12.8 Å². The van der Waals surface area contributed by atoms with Crippen LogP contribution in [0.1, 0.15) is 70.7 Å². The molecule has 1 atom stereocenters. The molecule has 1 aromatic carbocycles. The number of nitrogens with one attached hydrogen (secondary N) is 1. The maximum Gasteiger partial charge on any atom is 0.0382 e. The number of benzene rings is 1. The summed E-state index contributed by atoms with van der Waals surface area (Å²) in [5.74, 6) is 0. The Morgan fingerprint density at radius 1 is 1.05 bits per heavy atom. The Bertz CT molecular complexity index is 435. The predicted molar refractivity (Wildman–Crippen MR) is 83.6 cm³/mol. The Labute approximate surface area is 118 Å². The minimum atomic E-state index is 0.236. The van der Waals surface area contributed by atoms with Gasteiger partial charge in [0.1, 0.15) is 0 Å². The molecular weight excluding hydrogens is 230 g/mol. The summed E-state index contributed by atoms with van der Waals surface area (Å²) in [7, 11) is 0. The van der Waals surface area contributed by atoms with E-state index in [1.807, 2.05) is 0 Å². The molecular formula is C18H29N. The Morgan fingerprint density at radius 2 is 1.58 bits per heavy atom. The van der Waals surface area contributed by atoms with Crippen LogP contribution in [0.4, 0.5) is 0 Å². The van der Waals surface area contributed by atoms with E-state index in [4.69, 9.17) is 0 Å². The lowest BCUT2D eigenvalue weighted by Gasteiger charge is -2.30. The van der Waals surface area contributed by atoms with Crippen molar-refractivity contribution in [1.29, 1.82) is 0 Å². The number of hydrogen-bond donors (Lipinski definition) is 1. The lowest BCUT2D eigenvalue weighted by molar-refractivity contribution is 0.314. The van der Waals surface area contributed by atoms with Crippen molar-refractivity contribution in [2.75, 3.05) is 0 Å². The van der Waals surface area contributed by atoms with E-state index in [0.29, 0.717) is 11.5 Å². The van der Waals surface area contributed by atoms with E-state index in [9.17, 15) is 0 Å². The van der Waals surface area contributed by atoms with E-state index in [2.05, 4.69) is 65.1 Å². The smallest absolute Gasteiger partial charge is 0.0382 e. The molecule has 1 aliphatic rings. The normalized spacial score (nSPS) is 24.6. The molecule has 0 saturated carbocycles. The van der Waals surface area contributed by atoms with Gasteiger partial charge in [-0.3, -0.25) is 0 Å². The third kappa shape index (κ3) is 2.72. The van der Waals surface area contributed by atoms with Gasteiger partial charge < -0.3 is 5.32 Å². The monoisotopic (exact) mass is 259 g/mol. The lowest BCUT2D eigenvalue weighted by Crippen LogP contribution is -2.34.